The maximum absolute atomic E-state index is 11.0. The van der Waals surface area contributed by atoms with Gasteiger partial charge in [0.05, 0.1) is 4.92 Å². The van der Waals surface area contributed by atoms with Gasteiger partial charge in [-0.15, -0.1) is 0 Å². The Morgan fingerprint density at radius 3 is 2.42 bits per heavy atom. The van der Waals surface area contributed by atoms with Crippen molar-refractivity contribution in [2.75, 3.05) is 31.1 Å². The molecular weight excluding hydrogens is 302 g/mol. The maximum atomic E-state index is 11.0. The quantitative estimate of drug-likeness (QED) is 0.634. The van der Waals surface area contributed by atoms with Crippen LogP contribution in [-0.2, 0) is 0 Å². The summed E-state index contributed by atoms with van der Waals surface area (Å²) in [6, 6.07) is 15.6. The number of hydrogen-bond donors (Lipinski definition) is 0. The molecule has 1 aliphatic heterocycles. The minimum absolute atomic E-state index is 0.165. The van der Waals surface area contributed by atoms with E-state index in [1.54, 1.807) is 18.2 Å². The van der Waals surface area contributed by atoms with Gasteiger partial charge in [0.15, 0.2) is 0 Å². The summed E-state index contributed by atoms with van der Waals surface area (Å²) in [5.41, 5.74) is 3.78. The lowest BCUT2D eigenvalue weighted by Gasteiger charge is -2.39. The number of rotatable bonds is 4. The summed E-state index contributed by atoms with van der Waals surface area (Å²) in [6.45, 7) is 8.14. The first kappa shape index (κ1) is 16.5. The average molecular weight is 325 g/mol. The molecule has 0 aliphatic carbocycles. The molecule has 0 amide bonds. The number of nitro groups is 1. The maximum Gasteiger partial charge on any atom is 0.269 e. The Hall–Kier alpha value is -2.40. The monoisotopic (exact) mass is 325 g/mol. The largest absolute Gasteiger partial charge is 0.369 e. The van der Waals surface area contributed by atoms with Crippen LogP contribution in [0.3, 0.4) is 0 Å². The summed E-state index contributed by atoms with van der Waals surface area (Å²) in [5, 5.41) is 11.0. The number of para-hydroxylation sites is 1. The molecule has 5 nitrogen and oxygen atoms in total. The van der Waals surface area contributed by atoms with Crippen LogP contribution in [0, 0.1) is 17.0 Å². The molecule has 24 heavy (non-hydrogen) atoms. The standard InChI is InChI=1S/C19H23N3O2/c1-15-6-3-4-9-19(15)21-12-10-20(11-13-21)16(2)17-7-5-8-18(14-17)22(23)24/h3-9,14,16H,10-13H2,1-2H3/t16-/m1/s1. The van der Waals surface area contributed by atoms with E-state index in [2.05, 4.69) is 47.9 Å². The molecule has 0 spiro atoms. The van der Waals surface area contributed by atoms with Crippen LogP contribution in [0.2, 0.25) is 0 Å². The molecule has 2 aromatic carbocycles. The van der Waals surface area contributed by atoms with Gasteiger partial charge in [-0.25, -0.2) is 0 Å². The summed E-state index contributed by atoms with van der Waals surface area (Å²) < 4.78 is 0. The first-order valence-electron chi connectivity index (χ1n) is 8.35. The normalized spacial score (nSPS) is 16.8. The van der Waals surface area contributed by atoms with Gasteiger partial charge in [0, 0.05) is 50.0 Å². The van der Waals surface area contributed by atoms with E-state index in [1.807, 2.05) is 6.07 Å². The van der Waals surface area contributed by atoms with Crippen LogP contribution >= 0.6 is 0 Å². The molecule has 0 saturated carbocycles. The van der Waals surface area contributed by atoms with Gasteiger partial charge in [-0.05, 0) is 31.0 Å². The Labute approximate surface area is 142 Å². The fourth-order valence-electron chi connectivity index (χ4n) is 3.38. The van der Waals surface area contributed by atoms with E-state index >= 15 is 0 Å². The second-order valence-corrected chi connectivity index (χ2v) is 6.34. The summed E-state index contributed by atoms with van der Waals surface area (Å²) in [7, 11) is 0. The van der Waals surface area contributed by atoms with E-state index in [0.29, 0.717) is 0 Å². The molecule has 5 heteroatoms. The van der Waals surface area contributed by atoms with Crippen LogP contribution in [0.5, 0.6) is 0 Å². The molecule has 0 unspecified atom stereocenters. The zero-order valence-electron chi connectivity index (χ0n) is 14.2. The van der Waals surface area contributed by atoms with E-state index in [1.165, 1.54) is 11.3 Å². The smallest absolute Gasteiger partial charge is 0.269 e. The number of benzene rings is 2. The Bertz CT molecular complexity index is 724. The summed E-state index contributed by atoms with van der Waals surface area (Å²) in [6.07, 6.45) is 0. The van der Waals surface area contributed by atoms with Crippen LogP contribution in [-0.4, -0.2) is 36.0 Å². The third kappa shape index (κ3) is 3.41. The molecule has 0 N–H and O–H groups in total. The van der Waals surface area contributed by atoms with Gasteiger partial charge in [0.25, 0.3) is 5.69 Å². The molecule has 1 heterocycles. The van der Waals surface area contributed by atoms with Crippen LogP contribution in [0.4, 0.5) is 11.4 Å². The van der Waals surface area contributed by atoms with Gasteiger partial charge >= 0.3 is 0 Å². The van der Waals surface area contributed by atoms with Crippen molar-refractivity contribution >= 4 is 11.4 Å². The second kappa shape index (κ2) is 7.01. The number of nitrogens with zero attached hydrogens (tertiary/aromatic N) is 3. The molecule has 2 aromatic rings. The van der Waals surface area contributed by atoms with Crippen LogP contribution in [0.15, 0.2) is 48.5 Å². The predicted octanol–water partition coefficient (Wildman–Crippen LogP) is 3.79. The Kier molecular flexibility index (Phi) is 4.81. The minimum Gasteiger partial charge on any atom is -0.369 e. The van der Waals surface area contributed by atoms with E-state index in [-0.39, 0.29) is 16.7 Å². The predicted molar refractivity (Wildman–Crippen MR) is 96.5 cm³/mol. The molecule has 126 valence electrons. The molecule has 3 rings (SSSR count). The Balaban J connectivity index is 1.67. The van der Waals surface area contributed by atoms with E-state index in [4.69, 9.17) is 0 Å². The third-order valence-corrected chi connectivity index (χ3v) is 4.88. The third-order valence-electron chi connectivity index (χ3n) is 4.88. The molecule has 1 atom stereocenters. The second-order valence-electron chi connectivity index (χ2n) is 6.34. The van der Waals surface area contributed by atoms with Gasteiger partial charge in [-0.1, -0.05) is 30.3 Å². The zero-order valence-corrected chi connectivity index (χ0v) is 14.2. The fourth-order valence-corrected chi connectivity index (χ4v) is 3.38. The molecule has 0 bridgehead atoms. The molecule has 1 saturated heterocycles. The van der Waals surface area contributed by atoms with Crippen molar-refractivity contribution in [3.05, 3.63) is 69.8 Å². The van der Waals surface area contributed by atoms with Crippen molar-refractivity contribution in [2.24, 2.45) is 0 Å². The van der Waals surface area contributed by atoms with Crippen molar-refractivity contribution in [1.82, 2.24) is 4.90 Å². The van der Waals surface area contributed by atoms with Crippen molar-refractivity contribution in [1.29, 1.82) is 0 Å². The topological polar surface area (TPSA) is 49.6 Å². The molecule has 0 aromatic heterocycles. The van der Waals surface area contributed by atoms with Crippen molar-refractivity contribution < 1.29 is 4.92 Å². The fraction of sp³-hybridized carbons (Fsp3) is 0.368. The number of anilines is 1. The first-order valence-corrected chi connectivity index (χ1v) is 8.35. The number of hydrogen-bond acceptors (Lipinski definition) is 4. The molecule has 0 radical (unpaired) electrons. The minimum atomic E-state index is -0.327. The van der Waals surface area contributed by atoms with Crippen molar-refractivity contribution in [3.63, 3.8) is 0 Å². The molecule has 1 fully saturated rings. The lowest BCUT2D eigenvalue weighted by molar-refractivity contribution is -0.384. The van der Waals surface area contributed by atoms with Crippen molar-refractivity contribution in [2.45, 2.75) is 19.9 Å². The van der Waals surface area contributed by atoms with Crippen LogP contribution < -0.4 is 4.90 Å². The highest BCUT2D eigenvalue weighted by Gasteiger charge is 2.23. The van der Waals surface area contributed by atoms with Crippen LogP contribution in [0.25, 0.3) is 0 Å². The van der Waals surface area contributed by atoms with Gasteiger partial charge in [-0.3, -0.25) is 15.0 Å². The lowest BCUT2D eigenvalue weighted by atomic mass is 10.0. The number of aryl methyl sites for hydroxylation is 1. The summed E-state index contributed by atoms with van der Waals surface area (Å²) in [4.78, 5) is 15.5. The van der Waals surface area contributed by atoms with Gasteiger partial charge < -0.3 is 4.90 Å². The Morgan fingerprint density at radius 2 is 1.75 bits per heavy atom. The summed E-state index contributed by atoms with van der Waals surface area (Å²) in [5.74, 6) is 0. The van der Waals surface area contributed by atoms with Crippen molar-refractivity contribution in [3.8, 4) is 0 Å². The number of nitro benzene ring substituents is 1. The van der Waals surface area contributed by atoms with E-state index in [9.17, 15) is 10.1 Å². The van der Waals surface area contributed by atoms with Crippen LogP contribution in [0.1, 0.15) is 24.1 Å². The number of non-ortho nitro benzene ring substituents is 1. The average Bonchev–Trinajstić information content (AvgIpc) is 2.62. The summed E-state index contributed by atoms with van der Waals surface area (Å²) >= 11 is 0. The highest BCUT2D eigenvalue weighted by atomic mass is 16.6. The molecule has 1 aliphatic rings. The highest BCUT2D eigenvalue weighted by Crippen LogP contribution is 2.27. The van der Waals surface area contributed by atoms with E-state index in [0.717, 1.165) is 31.7 Å². The van der Waals surface area contributed by atoms with Gasteiger partial charge in [0.1, 0.15) is 0 Å². The SMILES string of the molecule is Cc1ccccc1N1CCN([C@H](C)c2cccc([N+](=O)[O-])c2)CC1. The van der Waals surface area contributed by atoms with E-state index < -0.39 is 0 Å². The zero-order chi connectivity index (χ0) is 17.1. The Morgan fingerprint density at radius 1 is 1.04 bits per heavy atom. The highest BCUT2D eigenvalue weighted by molar-refractivity contribution is 5.53. The molecular formula is C19H23N3O2. The first-order chi connectivity index (χ1) is 11.6. The number of piperazine rings is 1. The van der Waals surface area contributed by atoms with Gasteiger partial charge in [0.2, 0.25) is 0 Å². The lowest BCUT2D eigenvalue weighted by Crippen LogP contribution is -2.47. The van der Waals surface area contributed by atoms with Gasteiger partial charge in [-0.2, -0.15) is 0 Å².